The maximum absolute atomic E-state index is 12.7. The fourth-order valence-corrected chi connectivity index (χ4v) is 3.84. The van der Waals surface area contributed by atoms with Gasteiger partial charge in [-0.2, -0.15) is 0 Å². The van der Waals surface area contributed by atoms with Crippen LogP contribution >= 0.6 is 0 Å². The summed E-state index contributed by atoms with van der Waals surface area (Å²) in [5.41, 5.74) is 3.09. The second-order valence-electron chi connectivity index (χ2n) is 7.52. The first kappa shape index (κ1) is 20.1. The van der Waals surface area contributed by atoms with E-state index in [4.69, 9.17) is 9.63 Å². The zero-order valence-electron chi connectivity index (χ0n) is 17.2. The molecule has 0 radical (unpaired) electrons. The van der Waals surface area contributed by atoms with E-state index in [2.05, 4.69) is 15.0 Å². The molecule has 9 nitrogen and oxygen atoms in total. The van der Waals surface area contributed by atoms with Crippen LogP contribution in [0.25, 0.3) is 10.9 Å². The molecule has 0 unspecified atom stereocenters. The molecule has 9 heteroatoms. The number of carbonyl (C=O) groups excluding carboxylic acids is 1. The summed E-state index contributed by atoms with van der Waals surface area (Å²) in [5.74, 6) is 0.773. The number of aliphatic hydroxyl groups excluding tert-OH is 1. The Morgan fingerprint density at radius 1 is 1.20 bits per heavy atom. The Morgan fingerprint density at radius 2 is 1.97 bits per heavy atom. The number of aliphatic hydroxyl groups is 1. The molecule has 0 atom stereocenters. The van der Waals surface area contributed by atoms with Gasteiger partial charge in [-0.3, -0.25) is 14.2 Å². The smallest absolute Gasteiger partial charge is 0.261 e. The Morgan fingerprint density at radius 3 is 2.63 bits per heavy atom. The van der Waals surface area contributed by atoms with E-state index in [0.29, 0.717) is 49.3 Å². The van der Waals surface area contributed by atoms with E-state index in [1.54, 1.807) is 6.07 Å². The van der Waals surface area contributed by atoms with Crippen LogP contribution in [-0.4, -0.2) is 63.4 Å². The molecule has 1 N–H and O–H groups in total. The minimum absolute atomic E-state index is 0.0775. The monoisotopic (exact) mass is 411 g/mol. The maximum Gasteiger partial charge on any atom is 0.261 e. The summed E-state index contributed by atoms with van der Waals surface area (Å²) >= 11 is 0. The summed E-state index contributed by atoms with van der Waals surface area (Å²) in [6, 6.07) is 5.60. The first-order valence-electron chi connectivity index (χ1n) is 10.0. The van der Waals surface area contributed by atoms with Crippen molar-refractivity contribution in [2.24, 2.45) is 0 Å². The number of rotatable bonds is 5. The van der Waals surface area contributed by atoms with Crippen LogP contribution in [0.5, 0.6) is 0 Å². The van der Waals surface area contributed by atoms with Gasteiger partial charge in [-0.1, -0.05) is 5.16 Å². The second kappa shape index (κ2) is 8.27. The SMILES string of the molecule is Cc1noc(C)c1CC(=O)N1CCN(c2ccc3c(=O)n(CCO)cnc3c2)CC1. The van der Waals surface area contributed by atoms with E-state index in [0.717, 1.165) is 16.9 Å². The Hall–Kier alpha value is -3.20. The number of piperazine rings is 1. The van der Waals surface area contributed by atoms with E-state index in [1.165, 1.54) is 10.9 Å². The molecule has 0 aliphatic carbocycles. The molecule has 1 fully saturated rings. The number of nitrogens with zero attached hydrogens (tertiary/aromatic N) is 5. The molecule has 158 valence electrons. The molecule has 1 amide bonds. The molecule has 0 saturated carbocycles. The van der Waals surface area contributed by atoms with Gasteiger partial charge in [0.15, 0.2) is 0 Å². The Balaban J connectivity index is 1.43. The van der Waals surface area contributed by atoms with E-state index < -0.39 is 0 Å². The van der Waals surface area contributed by atoms with Crippen LogP contribution in [0.3, 0.4) is 0 Å². The Bertz CT molecular complexity index is 1110. The lowest BCUT2D eigenvalue weighted by molar-refractivity contribution is -0.130. The summed E-state index contributed by atoms with van der Waals surface area (Å²) in [6.07, 6.45) is 1.77. The van der Waals surface area contributed by atoms with Gasteiger partial charge in [0.1, 0.15) is 5.76 Å². The maximum atomic E-state index is 12.7. The standard InChI is InChI=1S/C21H25N5O4/c1-14-18(15(2)30-23-14)12-20(28)25-7-5-24(6-8-25)16-3-4-17-19(11-16)22-13-26(9-10-27)21(17)29/h3-4,11,13,27H,5-10,12H2,1-2H3. The van der Waals surface area contributed by atoms with Crippen molar-refractivity contribution in [1.29, 1.82) is 0 Å². The predicted octanol–water partition coefficient (Wildman–Crippen LogP) is 0.885. The van der Waals surface area contributed by atoms with Gasteiger partial charge in [-0.05, 0) is 32.0 Å². The van der Waals surface area contributed by atoms with E-state index >= 15 is 0 Å². The quantitative estimate of drug-likeness (QED) is 0.665. The molecule has 1 saturated heterocycles. The first-order valence-corrected chi connectivity index (χ1v) is 10.0. The van der Waals surface area contributed by atoms with Gasteiger partial charge >= 0.3 is 0 Å². The van der Waals surface area contributed by atoms with Crippen molar-refractivity contribution in [3.63, 3.8) is 0 Å². The summed E-state index contributed by atoms with van der Waals surface area (Å²) < 4.78 is 6.56. The predicted molar refractivity (Wildman–Crippen MR) is 112 cm³/mol. The van der Waals surface area contributed by atoms with Crippen molar-refractivity contribution in [2.45, 2.75) is 26.8 Å². The van der Waals surface area contributed by atoms with Gasteiger partial charge in [0, 0.05) is 37.4 Å². The molecular weight excluding hydrogens is 386 g/mol. The lowest BCUT2D eigenvalue weighted by Crippen LogP contribution is -2.49. The highest BCUT2D eigenvalue weighted by molar-refractivity contribution is 5.82. The van der Waals surface area contributed by atoms with Gasteiger partial charge in [0.25, 0.3) is 5.56 Å². The molecule has 0 spiro atoms. The number of hydrogen-bond acceptors (Lipinski definition) is 7. The molecule has 30 heavy (non-hydrogen) atoms. The van der Waals surface area contributed by atoms with Crippen molar-refractivity contribution >= 4 is 22.5 Å². The molecule has 3 heterocycles. The summed E-state index contributed by atoms with van der Waals surface area (Å²) in [7, 11) is 0. The number of aryl methyl sites for hydroxylation is 2. The van der Waals surface area contributed by atoms with Crippen molar-refractivity contribution < 1.29 is 14.4 Å². The van der Waals surface area contributed by atoms with Crippen LogP contribution in [0, 0.1) is 13.8 Å². The number of carbonyl (C=O) groups is 1. The van der Waals surface area contributed by atoms with Gasteiger partial charge in [0.05, 0.1) is 42.5 Å². The number of fused-ring (bicyclic) bond motifs is 1. The van der Waals surface area contributed by atoms with Gasteiger partial charge in [-0.15, -0.1) is 0 Å². The highest BCUT2D eigenvalue weighted by Gasteiger charge is 2.23. The molecule has 0 bridgehead atoms. The Labute approximate surface area is 173 Å². The van der Waals surface area contributed by atoms with E-state index in [9.17, 15) is 9.59 Å². The number of hydrogen-bond donors (Lipinski definition) is 1. The highest BCUT2D eigenvalue weighted by atomic mass is 16.5. The van der Waals surface area contributed by atoms with Crippen molar-refractivity contribution in [3.8, 4) is 0 Å². The van der Waals surface area contributed by atoms with E-state index in [1.807, 2.05) is 30.9 Å². The molecule has 1 aliphatic rings. The van der Waals surface area contributed by atoms with Crippen LogP contribution in [0.4, 0.5) is 5.69 Å². The van der Waals surface area contributed by atoms with Crippen molar-refractivity contribution in [1.82, 2.24) is 19.6 Å². The van der Waals surface area contributed by atoms with Gasteiger partial charge in [-0.25, -0.2) is 4.98 Å². The average molecular weight is 411 g/mol. The van der Waals surface area contributed by atoms with E-state index in [-0.39, 0.29) is 24.6 Å². The number of aromatic nitrogens is 3. The fraction of sp³-hybridized carbons (Fsp3) is 0.429. The largest absolute Gasteiger partial charge is 0.395 e. The average Bonchev–Trinajstić information content (AvgIpc) is 3.07. The molecule has 1 aromatic carbocycles. The third-order valence-electron chi connectivity index (χ3n) is 5.66. The zero-order chi connectivity index (χ0) is 21.3. The Kier molecular flexibility index (Phi) is 5.54. The van der Waals surface area contributed by atoms with Crippen LogP contribution in [0.15, 0.2) is 33.8 Å². The summed E-state index contributed by atoms with van der Waals surface area (Å²) in [5, 5.41) is 13.5. The minimum Gasteiger partial charge on any atom is -0.395 e. The third kappa shape index (κ3) is 3.80. The first-order chi connectivity index (χ1) is 14.5. The number of amides is 1. The van der Waals surface area contributed by atoms with Gasteiger partial charge < -0.3 is 19.4 Å². The van der Waals surface area contributed by atoms with Crippen LogP contribution < -0.4 is 10.5 Å². The van der Waals surface area contributed by atoms with Crippen molar-refractivity contribution in [2.75, 3.05) is 37.7 Å². The molecular formula is C21H25N5O4. The zero-order valence-corrected chi connectivity index (χ0v) is 17.2. The summed E-state index contributed by atoms with van der Waals surface area (Å²) in [4.78, 5) is 33.6. The fourth-order valence-electron chi connectivity index (χ4n) is 3.84. The number of benzene rings is 1. The molecule has 1 aliphatic heterocycles. The normalized spacial score (nSPS) is 14.5. The number of anilines is 1. The lowest BCUT2D eigenvalue weighted by Gasteiger charge is -2.36. The molecule has 4 rings (SSSR count). The topological polar surface area (TPSA) is 105 Å². The summed E-state index contributed by atoms with van der Waals surface area (Å²) in [6.45, 7) is 6.48. The van der Waals surface area contributed by atoms with Crippen LogP contribution in [-0.2, 0) is 17.8 Å². The van der Waals surface area contributed by atoms with Gasteiger partial charge in [0.2, 0.25) is 5.91 Å². The molecule has 2 aromatic heterocycles. The minimum atomic E-state index is -0.157. The van der Waals surface area contributed by atoms with Crippen LogP contribution in [0.1, 0.15) is 17.0 Å². The third-order valence-corrected chi connectivity index (χ3v) is 5.66. The molecule has 3 aromatic rings. The highest BCUT2D eigenvalue weighted by Crippen LogP contribution is 2.21. The second-order valence-corrected chi connectivity index (χ2v) is 7.52. The van der Waals surface area contributed by atoms with Crippen molar-refractivity contribution in [3.05, 3.63) is 51.9 Å². The lowest BCUT2D eigenvalue weighted by atomic mass is 10.1. The van der Waals surface area contributed by atoms with Crippen LogP contribution in [0.2, 0.25) is 0 Å².